The van der Waals surface area contributed by atoms with Gasteiger partial charge < -0.3 is 30.7 Å². The van der Waals surface area contributed by atoms with Gasteiger partial charge in [0, 0.05) is 62.0 Å². The van der Waals surface area contributed by atoms with Gasteiger partial charge in [0.05, 0.1) is 23.4 Å². The van der Waals surface area contributed by atoms with Gasteiger partial charge in [0.2, 0.25) is 11.8 Å². The van der Waals surface area contributed by atoms with Gasteiger partial charge in [-0.25, -0.2) is 0 Å². The molecule has 0 radical (unpaired) electrons. The Morgan fingerprint density at radius 1 is 1.06 bits per heavy atom. The Kier molecular flexibility index (Phi) is 11.9. The zero-order chi connectivity index (χ0) is 35.1. The molecule has 3 atom stereocenters. The number of nitrogens with one attached hydrogen (secondary N) is 4. The minimum atomic E-state index is -1.35. The third-order valence-electron chi connectivity index (χ3n) is 8.58. The number of aliphatic hydroxyl groups is 1. The third kappa shape index (κ3) is 9.15. The average Bonchev–Trinajstić information content (AvgIpc) is 3.81. The third-order valence-corrected chi connectivity index (χ3v) is 8.87. The molecule has 0 spiro atoms. The molecule has 1 aliphatic carbocycles. The van der Waals surface area contributed by atoms with E-state index in [0.29, 0.717) is 56.1 Å². The number of H-pyrrole nitrogens is 1. The van der Waals surface area contributed by atoms with E-state index in [1.807, 2.05) is 20.0 Å². The molecule has 2 aliphatic heterocycles. The van der Waals surface area contributed by atoms with Gasteiger partial charge in [-0.3, -0.25) is 29.0 Å². The Labute approximate surface area is 289 Å². The van der Waals surface area contributed by atoms with Gasteiger partial charge in [-0.1, -0.05) is 30.7 Å². The molecule has 4 bridgehead atoms. The highest BCUT2D eigenvalue weighted by Gasteiger charge is 2.31. The number of aromatic nitrogens is 5. The fourth-order valence-corrected chi connectivity index (χ4v) is 6.21. The van der Waals surface area contributed by atoms with Crippen LogP contribution in [0, 0.1) is 5.92 Å². The summed E-state index contributed by atoms with van der Waals surface area (Å²) in [5.41, 5.74) is 3.17. The number of aryl methyl sites for hydroxylation is 2. The summed E-state index contributed by atoms with van der Waals surface area (Å²) >= 11 is 6.41. The summed E-state index contributed by atoms with van der Waals surface area (Å²) in [4.78, 5) is 55.4. The van der Waals surface area contributed by atoms with Crippen LogP contribution in [0.5, 0.6) is 5.75 Å². The number of amides is 4. The number of nitrogens with zero attached hydrogens (tertiary/aromatic N) is 5. The Morgan fingerprint density at radius 2 is 1.88 bits per heavy atom. The molecule has 3 aliphatic rings. The molecule has 49 heavy (non-hydrogen) atoms. The number of hydrogen-bond acceptors (Lipinski definition) is 9. The molecule has 0 saturated heterocycles. The van der Waals surface area contributed by atoms with E-state index >= 15 is 0 Å². The summed E-state index contributed by atoms with van der Waals surface area (Å²) in [7, 11) is 0. The van der Waals surface area contributed by atoms with E-state index in [2.05, 4.69) is 36.5 Å². The molecule has 1 aromatic carbocycles. The lowest BCUT2D eigenvalue weighted by molar-refractivity contribution is -0.131. The van der Waals surface area contributed by atoms with Gasteiger partial charge in [-0.15, -0.1) is 5.10 Å². The Morgan fingerprint density at radius 3 is 2.63 bits per heavy atom. The number of ether oxygens (including phenoxy) is 1. The highest BCUT2D eigenvalue weighted by Crippen LogP contribution is 2.26. The second-order valence-corrected chi connectivity index (χ2v) is 13.3. The van der Waals surface area contributed by atoms with E-state index in [9.17, 15) is 24.3 Å². The van der Waals surface area contributed by atoms with Crippen LogP contribution in [-0.4, -0.2) is 103 Å². The molecule has 4 heterocycles. The predicted octanol–water partition coefficient (Wildman–Crippen LogP) is 1.44. The standard InChI is InChI=1S/C33H44ClN9O6/c1-19(2)16-26-31(46)35-11-14-42(33(48)29-23-6-4-7-25(23)39-40-29)13-10-22-18-43(41-38-22)12-5-15-49-27-9-8-21(17-24(27)34)30(45)37-28(20(3)44)32(47)36-26/h8-9,17-20,26,28,44H,4-7,10-16H2,1-3H3,(H,35,46)(H,36,47)(H,37,45)(H,39,40)/t20-,26-,28+/m1/s1. The van der Waals surface area contributed by atoms with Gasteiger partial charge in [-0.2, -0.15) is 5.10 Å². The summed E-state index contributed by atoms with van der Waals surface area (Å²) in [6.07, 6.45) is 4.46. The number of benzene rings is 1. The van der Waals surface area contributed by atoms with Crippen LogP contribution >= 0.6 is 11.6 Å². The molecule has 4 amide bonds. The van der Waals surface area contributed by atoms with Crippen molar-refractivity contribution in [2.24, 2.45) is 5.92 Å². The van der Waals surface area contributed by atoms with E-state index in [1.54, 1.807) is 15.6 Å². The number of fused-ring (bicyclic) bond motifs is 18. The molecule has 5 N–H and O–H groups in total. The number of halogens is 1. The first-order valence-electron chi connectivity index (χ1n) is 16.7. The maximum absolute atomic E-state index is 13.8. The van der Waals surface area contributed by atoms with E-state index < -0.39 is 35.9 Å². The van der Waals surface area contributed by atoms with Crippen LogP contribution in [0.25, 0.3) is 0 Å². The minimum absolute atomic E-state index is 0.0265. The first-order chi connectivity index (χ1) is 23.5. The summed E-state index contributed by atoms with van der Waals surface area (Å²) in [5.74, 6) is -1.64. The lowest BCUT2D eigenvalue weighted by Crippen LogP contribution is -2.57. The molecule has 0 unspecified atom stereocenters. The van der Waals surface area contributed by atoms with Crippen molar-refractivity contribution in [1.82, 2.24) is 46.0 Å². The molecule has 0 saturated carbocycles. The van der Waals surface area contributed by atoms with Crippen molar-refractivity contribution in [3.8, 4) is 5.75 Å². The normalized spacial score (nSPS) is 20.5. The number of carbonyl (C=O) groups excluding carboxylic acids is 4. The fraction of sp³-hybridized carbons (Fsp3) is 0.545. The predicted molar refractivity (Wildman–Crippen MR) is 179 cm³/mol. The molecule has 3 aromatic rings. The van der Waals surface area contributed by atoms with Crippen LogP contribution in [0.1, 0.15) is 77.8 Å². The average molecular weight is 698 g/mol. The zero-order valence-corrected chi connectivity index (χ0v) is 28.8. The van der Waals surface area contributed by atoms with E-state index in [0.717, 1.165) is 30.5 Å². The minimum Gasteiger partial charge on any atom is -0.492 e. The van der Waals surface area contributed by atoms with Gasteiger partial charge in [-0.05, 0) is 56.7 Å². The largest absolute Gasteiger partial charge is 0.492 e. The molecular formula is C33H44ClN9O6. The van der Waals surface area contributed by atoms with E-state index in [-0.39, 0.29) is 35.5 Å². The number of rotatable bonds is 4. The highest BCUT2D eigenvalue weighted by atomic mass is 35.5. The quantitative estimate of drug-likeness (QED) is 0.251. The summed E-state index contributed by atoms with van der Waals surface area (Å²) < 4.78 is 7.54. The fourth-order valence-electron chi connectivity index (χ4n) is 5.97. The number of carbonyl (C=O) groups is 4. The number of aromatic amines is 1. The van der Waals surface area contributed by atoms with Gasteiger partial charge in [0.25, 0.3) is 11.8 Å². The molecular weight excluding hydrogens is 654 g/mol. The molecule has 264 valence electrons. The topological polar surface area (TPSA) is 196 Å². The van der Waals surface area contributed by atoms with Crippen LogP contribution < -0.4 is 20.7 Å². The molecule has 0 fully saturated rings. The van der Waals surface area contributed by atoms with Crippen molar-refractivity contribution >= 4 is 35.2 Å². The Hall–Kier alpha value is -4.50. The Bertz CT molecular complexity index is 1650. The number of aliphatic hydroxyl groups excluding tert-OH is 1. The van der Waals surface area contributed by atoms with Gasteiger partial charge in [0.1, 0.15) is 17.8 Å². The van der Waals surface area contributed by atoms with Crippen LogP contribution in [-0.2, 0) is 35.4 Å². The van der Waals surface area contributed by atoms with Crippen LogP contribution in [0.3, 0.4) is 0 Å². The van der Waals surface area contributed by atoms with Crippen molar-refractivity contribution < 1.29 is 29.0 Å². The molecule has 6 rings (SSSR count). The number of hydrogen-bond donors (Lipinski definition) is 5. The van der Waals surface area contributed by atoms with Crippen LogP contribution in [0.2, 0.25) is 5.02 Å². The first-order valence-corrected chi connectivity index (χ1v) is 17.1. The summed E-state index contributed by atoms with van der Waals surface area (Å²) in [6, 6.07) is 2.19. The molecule has 15 nitrogen and oxygen atoms in total. The van der Waals surface area contributed by atoms with Crippen LogP contribution in [0.4, 0.5) is 0 Å². The van der Waals surface area contributed by atoms with Crippen molar-refractivity contribution in [2.75, 3.05) is 26.2 Å². The van der Waals surface area contributed by atoms with Crippen molar-refractivity contribution in [1.29, 1.82) is 0 Å². The summed E-state index contributed by atoms with van der Waals surface area (Å²) in [6.45, 7) is 6.67. The lowest BCUT2D eigenvalue weighted by Gasteiger charge is -2.26. The maximum Gasteiger partial charge on any atom is 0.274 e. The van der Waals surface area contributed by atoms with E-state index in [1.165, 1.54) is 19.1 Å². The maximum atomic E-state index is 13.8. The van der Waals surface area contributed by atoms with E-state index in [4.69, 9.17) is 16.3 Å². The highest BCUT2D eigenvalue weighted by molar-refractivity contribution is 6.32. The first kappa shape index (κ1) is 35.8. The van der Waals surface area contributed by atoms with Gasteiger partial charge >= 0.3 is 0 Å². The summed E-state index contributed by atoms with van der Waals surface area (Å²) in [5, 5.41) is 34.6. The molecule has 2 aromatic heterocycles. The lowest BCUT2D eigenvalue weighted by atomic mass is 10.0. The van der Waals surface area contributed by atoms with Gasteiger partial charge in [0.15, 0.2) is 5.69 Å². The Balaban J connectivity index is 1.38. The molecule has 16 heteroatoms. The smallest absolute Gasteiger partial charge is 0.274 e. The second kappa shape index (κ2) is 16.3. The van der Waals surface area contributed by atoms with Crippen molar-refractivity contribution in [3.05, 3.63) is 57.6 Å². The zero-order valence-electron chi connectivity index (χ0n) is 28.0. The SMILES string of the molecule is CC(C)C[C@H]1NC(=O)[C@H]([C@@H](C)O)NC(=O)c2ccc(c(Cl)c2)OCCCn2cc(nn2)CCN(C(=O)c2n[nH]c3c2CCC3)CCNC1=O. The van der Waals surface area contributed by atoms with Crippen molar-refractivity contribution in [2.45, 2.75) is 84.0 Å². The van der Waals surface area contributed by atoms with Crippen molar-refractivity contribution in [3.63, 3.8) is 0 Å². The monoisotopic (exact) mass is 697 g/mol. The second-order valence-electron chi connectivity index (χ2n) is 12.9. The van der Waals surface area contributed by atoms with Crippen LogP contribution in [0.15, 0.2) is 24.4 Å².